The fourth-order valence-electron chi connectivity index (χ4n) is 1.63. The van der Waals surface area contributed by atoms with Crippen molar-refractivity contribution in [3.05, 3.63) is 58.6 Å². The Morgan fingerprint density at radius 2 is 2.30 bits per heavy atom. The Labute approximate surface area is 121 Å². The van der Waals surface area contributed by atoms with Crippen molar-refractivity contribution in [3.63, 3.8) is 0 Å². The second-order valence-corrected chi connectivity index (χ2v) is 5.50. The summed E-state index contributed by atoms with van der Waals surface area (Å²) in [6.45, 7) is 1.85. The van der Waals surface area contributed by atoms with Crippen molar-refractivity contribution in [2.45, 2.75) is 12.5 Å². The van der Waals surface area contributed by atoms with Crippen LogP contribution in [0.1, 0.15) is 17.5 Å². The molecule has 0 aromatic carbocycles. The molecule has 0 aliphatic heterocycles. The number of aliphatic hydroxyl groups is 1. The summed E-state index contributed by atoms with van der Waals surface area (Å²) in [5, 5.41) is 14.8. The molecule has 1 atom stereocenters. The van der Waals surface area contributed by atoms with Crippen LogP contribution in [0, 0.1) is 0 Å². The van der Waals surface area contributed by atoms with Crippen molar-refractivity contribution in [1.29, 1.82) is 0 Å². The molecule has 0 fully saturated rings. The maximum Gasteiger partial charge on any atom is 0.244 e. The molecule has 20 heavy (non-hydrogen) atoms. The largest absolute Gasteiger partial charge is 0.383 e. The molecule has 0 spiro atoms. The number of carbonyl (C=O) groups is 1. The first-order valence-corrected chi connectivity index (χ1v) is 7.09. The van der Waals surface area contributed by atoms with Gasteiger partial charge in [0.15, 0.2) is 0 Å². The molecule has 2 heterocycles. The van der Waals surface area contributed by atoms with Gasteiger partial charge in [-0.25, -0.2) is 0 Å². The number of nitrogens with zero attached hydrogens (tertiary/aromatic N) is 1. The molecule has 2 aromatic rings. The highest BCUT2D eigenvalue weighted by atomic mass is 32.1. The average molecular weight is 288 g/mol. The first-order valence-electron chi connectivity index (χ1n) is 6.21. The SMILES string of the molecule is CC(O)(CNC(=O)/C=C/c1ccccn1)c1cccs1. The van der Waals surface area contributed by atoms with Crippen LogP contribution in [0.5, 0.6) is 0 Å². The number of hydrogen-bond donors (Lipinski definition) is 2. The molecule has 2 rings (SSSR count). The zero-order chi connectivity index (χ0) is 14.4. The van der Waals surface area contributed by atoms with Gasteiger partial charge in [-0.15, -0.1) is 11.3 Å². The van der Waals surface area contributed by atoms with E-state index in [4.69, 9.17) is 0 Å². The Morgan fingerprint density at radius 3 is 2.95 bits per heavy atom. The minimum Gasteiger partial charge on any atom is -0.383 e. The molecule has 0 saturated heterocycles. The lowest BCUT2D eigenvalue weighted by Gasteiger charge is -2.21. The van der Waals surface area contributed by atoms with Gasteiger partial charge in [0.2, 0.25) is 5.91 Å². The minimum atomic E-state index is -1.05. The summed E-state index contributed by atoms with van der Waals surface area (Å²) < 4.78 is 0. The van der Waals surface area contributed by atoms with Gasteiger partial charge in [0.25, 0.3) is 0 Å². The summed E-state index contributed by atoms with van der Waals surface area (Å²) in [6, 6.07) is 9.20. The van der Waals surface area contributed by atoms with Crippen molar-refractivity contribution in [2.24, 2.45) is 0 Å². The summed E-state index contributed by atoms with van der Waals surface area (Å²) in [5.74, 6) is -0.257. The first-order chi connectivity index (χ1) is 9.58. The number of thiophene rings is 1. The molecule has 1 amide bonds. The van der Waals surface area contributed by atoms with E-state index in [1.807, 2.05) is 35.7 Å². The van der Waals surface area contributed by atoms with E-state index in [0.717, 1.165) is 4.88 Å². The molecule has 0 aliphatic rings. The quantitative estimate of drug-likeness (QED) is 0.829. The third-order valence-corrected chi connectivity index (χ3v) is 3.88. The normalized spacial score (nSPS) is 14.1. The number of aromatic nitrogens is 1. The molecule has 0 bridgehead atoms. The summed E-state index contributed by atoms with van der Waals surface area (Å²) in [6.07, 6.45) is 4.71. The predicted octanol–water partition coefficient (Wildman–Crippen LogP) is 2.18. The molecule has 2 N–H and O–H groups in total. The zero-order valence-corrected chi connectivity index (χ0v) is 11.9. The van der Waals surface area contributed by atoms with Crippen LogP contribution in [0.2, 0.25) is 0 Å². The monoisotopic (exact) mass is 288 g/mol. The maximum absolute atomic E-state index is 11.7. The van der Waals surface area contributed by atoms with Gasteiger partial charge < -0.3 is 10.4 Å². The van der Waals surface area contributed by atoms with E-state index in [1.54, 1.807) is 19.2 Å². The van der Waals surface area contributed by atoms with Gasteiger partial charge in [0.05, 0.1) is 12.2 Å². The van der Waals surface area contributed by atoms with Crippen molar-refractivity contribution in [1.82, 2.24) is 10.3 Å². The van der Waals surface area contributed by atoms with Gasteiger partial charge >= 0.3 is 0 Å². The van der Waals surface area contributed by atoms with Crippen LogP contribution in [0.3, 0.4) is 0 Å². The van der Waals surface area contributed by atoms with Crippen LogP contribution >= 0.6 is 11.3 Å². The summed E-state index contributed by atoms with van der Waals surface area (Å²) in [4.78, 5) is 16.6. The zero-order valence-electron chi connectivity index (χ0n) is 11.1. The third kappa shape index (κ3) is 4.01. The molecule has 0 saturated carbocycles. The van der Waals surface area contributed by atoms with Crippen LogP contribution < -0.4 is 5.32 Å². The van der Waals surface area contributed by atoms with E-state index in [9.17, 15) is 9.90 Å². The van der Waals surface area contributed by atoms with Gasteiger partial charge in [-0.2, -0.15) is 0 Å². The van der Waals surface area contributed by atoms with Gasteiger partial charge in [-0.1, -0.05) is 12.1 Å². The number of nitrogens with one attached hydrogen (secondary N) is 1. The fourth-order valence-corrected chi connectivity index (χ4v) is 2.41. The molecular formula is C15H16N2O2S. The average Bonchev–Trinajstić information content (AvgIpc) is 2.99. The van der Waals surface area contributed by atoms with Crippen LogP contribution in [-0.2, 0) is 10.4 Å². The Bertz CT molecular complexity index is 577. The van der Waals surface area contributed by atoms with Crippen molar-refractivity contribution in [2.75, 3.05) is 6.54 Å². The second-order valence-electron chi connectivity index (χ2n) is 4.56. The summed E-state index contributed by atoms with van der Waals surface area (Å²) in [5.41, 5.74) is -0.337. The Balaban J connectivity index is 1.88. The van der Waals surface area contributed by atoms with Crippen LogP contribution in [0.25, 0.3) is 6.08 Å². The van der Waals surface area contributed by atoms with Crippen molar-refractivity contribution in [3.8, 4) is 0 Å². The summed E-state index contributed by atoms with van der Waals surface area (Å²) >= 11 is 1.46. The van der Waals surface area contributed by atoms with E-state index in [-0.39, 0.29) is 12.5 Å². The standard InChI is InChI=1S/C15H16N2O2S/c1-15(19,13-6-4-10-20-13)11-17-14(18)8-7-12-5-2-3-9-16-12/h2-10,19H,11H2,1H3,(H,17,18)/b8-7+. The van der Waals surface area contributed by atoms with E-state index in [1.165, 1.54) is 17.4 Å². The van der Waals surface area contributed by atoms with Gasteiger partial charge in [-0.05, 0) is 36.6 Å². The number of hydrogen-bond acceptors (Lipinski definition) is 4. The molecule has 2 aromatic heterocycles. The highest BCUT2D eigenvalue weighted by Gasteiger charge is 2.24. The Kier molecular flexibility index (Phi) is 4.65. The molecule has 0 radical (unpaired) electrons. The molecule has 4 nitrogen and oxygen atoms in total. The van der Waals surface area contributed by atoms with Gasteiger partial charge in [-0.3, -0.25) is 9.78 Å². The number of pyridine rings is 1. The lowest BCUT2D eigenvalue weighted by molar-refractivity contribution is -0.117. The minimum absolute atomic E-state index is 0.166. The highest BCUT2D eigenvalue weighted by molar-refractivity contribution is 7.10. The van der Waals surface area contributed by atoms with Crippen molar-refractivity contribution >= 4 is 23.3 Å². The second kappa shape index (κ2) is 6.45. The topological polar surface area (TPSA) is 62.2 Å². The van der Waals surface area contributed by atoms with Gasteiger partial charge in [0.1, 0.15) is 5.60 Å². The third-order valence-electron chi connectivity index (χ3n) is 2.75. The van der Waals surface area contributed by atoms with Crippen LogP contribution in [0.15, 0.2) is 48.0 Å². The first kappa shape index (κ1) is 14.4. The fraction of sp³-hybridized carbons (Fsp3) is 0.200. The summed E-state index contributed by atoms with van der Waals surface area (Å²) in [7, 11) is 0. The van der Waals surface area contributed by atoms with Crippen LogP contribution in [0.4, 0.5) is 0 Å². The Hall–Kier alpha value is -1.98. The lowest BCUT2D eigenvalue weighted by atomic mass is 10.1. The molecule has 104 valence electrons. The number of rotatable bonds is 5. The van der Waals surface area contributed by atoms with E-state index < -0.39 is 5.60 Å². The smallest absolute Gasteiger partial charge is 0.244 e. The van der Waals surface area contributed by atoms with E-state index in [2.05, 4.69) is 10.3 Å². The molecular weight excluding hydrogens is 272 g/mol. The van der Waals surface area contributed by atoms with Crippen LogP contribution in [-0.4, -0.2) is 22.5 Å². The van der Waals surface area contributed by atoms with E-state index >= 15 is 0 Å². The molecule has 1 unspecified atom stereocenters. The van der Waals surface area contributed by atoms with Gasteiger partial charge in [0, 0.05) is 17.2 Å². The molecule has 0 aliphatic carbocycles. The molecule has 5 heteroatoms. The number of carbonyl (C=O) groups excluding carboxylic acids is 1. The predicted molar refractivity (Wildman–Crippen MR) is 80.2 cm³/mol. The Morgan fingerprint density at radius 1 is 1.45 bits per heavy atom. The highest BCUT2D eigenvalue weighted by Crippen LogP contribution is 2.24. The lowest BCUT2D eigenvalue weighted by Crippen LogP contribution is -2.37. The van der Waals surface area contributed by atoms with E-state index in [0.29, 0.717) is 5.69 Å². The van der Waals surface area contributed by atoms with Crippen molar-refractivity contribution < 1.29 is 9.90 Å². The number of amides is 1. The maximum atomic E-state index is 11.7.